The summed E-state index contributed by atoms with van der Waals surface area (Å²) in [4.78, 5) is 11.2. The monoisotopic (exact) mass is 302 g/mol. The minimum atomic E-state index is -4.19. The van der Waals surface area contributed by atoms with Crippen molar-refractivity contribution >= 4 is 15.9 Å². The van der Waals surface area contributed by atoms with Gasteiger partial charge in [0.2, 0.25) is 10.0 Å². The quantitative estimate of drug-likeness (QED) is 0.886. The Bertz CT molecular complexity index is 607. The van der Waals surface area contributed by atoms with Crippen LogP contribution >= 0.6 is 0 Å². The number of sulfonamides is 1. The molecule has 0 saturated carbocycles. The Morgan fingerprint density at radius 3 is 2.45 bits per heavy atom. The SMILES string of the molecule is CC(C)(C)CCNC(=O)c1ccc(F)c(S(N)(=O)=O)c1. The van der Waals surface area contributed by atoms with Crippen molar-refractivity contribution in [1.82, 2.24) is 5.32 Å². The van der Waals surface area contributed by atoms with E-state index in [4.69, 9.17) is 5.14 Å². The molecule has 0 heterocycles. The zero-order valence-electron chi connectivity index (χ0n) is 11.7. The molecule has 20 heavy (non-hydrogen) atoms. The third-order valence-corrected chi connectivity index (χ3v) is 3.59. The smallest absolute Gasteiger partial charge is 0.251 e. The summed E-state index contributed by atoms with van der Waals surface area (Å²) in [6.45, 7) is 6.56. The van der Waals surface area contributed by atoms with Crippen LogP contribution in [0.4, 0.5) is 4.39 Å². The van der Waals surface area contributed by atoms with Crippen molar-refractivity contribution in [3.8, 4) is 0 Å². The first-order valence-electron chi connectivity index (χ1n) is 6.11. The van der Waals surface area contributed by atoms with Crippen molar-refractivity contribution in [3.05, 3.63) is 29.6 Å². The van der Waals surface area contributed by atoms with Gasteiger partial charge in [-0.3, -0.25) is 4.79 Å². The molecule has 0 aromatic heterocycles. The van der Waals surface area contributed by atoms with Gasteiger partial charge in [-0.2, -0.15) is 0 Å². The van der Waals surface area contributed by atoms with E-state index in [-0.39, 0.29) is 11.0 Å². The number of halogens is 1. The highest BCUT2D eigenvalue weighted by Crippen LogP contribution is 2.18. The number of carbonyl (C=O) groups is 1. The molecule has 0 bridgehead atoms. The van der Waals surface area contributed by atoms with Gasteiger partial charge in [0.1, 0.15) is 10.7 Å². The van der Waals surface area contributed by atoms with Gasteiger partial charge < -0.3 is 5.32 Å². The van der Waals surface area contributed by atoms with E-state index >= 15 is 0 Å². The van der Waals surface area contributed by atoms with Gasteiger partial charge in [0, 0.05) is 12.1 Å². The first kappa shape index (κ1) is 16.6. The molecule has 0 fully saturated rings. The number of carbonyl (C=O) groups excluding carboxylic acids is 1. The second-order valence-electron chi connectivity index (χ2n) is 5.76. The van der Waals surface area contributed by atoms with Gasteiger partial charge in [-0.05, 0) is 30.0 Å². The maximum atomic E-state index is 13.3. The van der Waals surface area contributed by atoms with Crippen molar-refractivity contribution in [1.29, 1.82) is 0 Å². The highest BCUT2D eigenvalue weighted by Gasteiger charge is 2.18. The lowest BCUT2D eigenvalue weighted by molar-refractivity contribution is 0.0949. The van der Waals surface area contributed by atoms with Gasteiger partial charge in [0.05, 0.1) is 0 Å². The third kappa shape index (κ3) is 4.90. The Hall–Kier alpha value is -1.47. The molecular formula is C13H19FN2O3S. The van der Waals surface area contributed by atoms with E-state index < -0.39 is 26.6 Å². The molecule has 0 atom stereocenters. The minimum absolute atomic E-state index is 0.0596. The largest absolute Gasteiger partial charge is 0.352 e. The van der Waals surface area contributed by atoms with E-state index in [1.54, 1.807) is 0 Å². The van der Waals surface area contributed by atoms with Crippen molar-refractivity contribution in [2.24, 2.45) is 10.6 Å². The fourth-order valence-electron chi connectivity index (χ4n) is 1.52. The number of rotatable bonds is 4. The number of hydrogen-bond acceptors (Lipinski definition) is 3. The summed E-state index contributed by atoms with van der Waals surface area (Å²) in [6, 6.07) is 3.08. The predicted octanol–water partition coefficient (Wildman–Crippen LogP) is 1.64. The average Bonchev–Trinajstić information content (AvgIpc) is 2.26. The van der Waals surface area contributed by atoms with Gasteiger partial charge in [-0.1, -0.05) is 20.8 Å². The van der Waals surface area contributed by atoms with Gasteiger partial charge in [0.25, 0.3) is 5.91 Å². The number of primary sulfonamides is 1. The predicted molar refractivity (Wildman–Crippen MR) is 74.2 cm³/mol. The van der Waals surface area contributed by atoms with Crippen LogP contribution < -0.4 is 10.5 Å². The average molecular weight is 302 g/mol. The molecule has 112 valence electrons. The third-order valence-electron chi connectivity index (χ3n) is 2.66. The maximum Gasteiger partial charge on any atom is 0.251 e. The van der Waals surface area contributed by atoms with Crippen molar-refractivity contribution in [2.75, 3.05) is 6.54 Å². The molecule has 1 rings (SSSR count). The van der Waals surface area contributed by atoms with Gasteiger partial charge in [-0.25, -0.2) is 17.9 Å². The number of nitrogens with one attached hydrogen (secondary N) is 1. The molecule has 3 N–H and O–H groups in total. The summed E-state index contributed by atoms with van der Waals surface area (Å²) >= 11 is 0. The normalized spacial score (nSPS) is 12.2. The van der Waals surface area contributed by atoms with E-state index in [1.807, 2.05) is 20.8 Å². The van der Waals surface area contributed by atoms with Crippen molar-refractivity contribution in [2.45, 2.75) is 32.1 Å². The molecule has 0 aliphatic rings. The van der Waals surface area contributed by atoms with Crippen LogP contribution in [0.1, 0.15) is 37.6 Å². The van der Waals surface area contributed by atoms with E-state index in [0.717, 1.165) is 18.6 Å². The first-order valence-corrected chi connectivity index (χ1v) is 7.66. The lowest BCUT2D eigenvalue weighted by atomic mass is 9.92. The Labute approximate surface area is 118 Å². The summed E-state index contributed by atoms with van der Waals surface area (Å²) in [5.41, 5.74) is 0.131. The van der Waals surface area contributed by atoms with Gasteiger partial charge >= 0.3 is 0 Å². The first-order chi connectivity index (χ1) is 9.00. The van der Waals surface area contributed by atoms with Gasteiger partial charge in [-0.15, -0.1) is 0 Å². The van der Waals surface area contributed by atoms with Crippen molar-refractivity contribution < 1.29 is 17.6 Å². The molecular weight excluding hydrogens is 283 g/mol. The van der Waals surface area contributed by atoms with Crippen molar-refractivity contribution in [3.63, 3.8) is 0 Å². The van der Waals surface area contributed by atoms with Crippen LogP contribution in [0.15, 0.2) is 23.1 Å². The van der Waals surface area contributed by atoms with E-state index in [2.05, 4.69) is 5.32 Å². The second-order valence-corrected chi connectivity index (χ2v) is 7.29. The molecule has 0 aliphatic carbocycles. The number of amides is 1. The highest BCUT2D eigenvalue weighted by atomic mass is 32.2. The Morgan fingerprint density at radius 1 is 1.35 bits per heavy atom. The lowest BCUT2D eigenvalue weighted by Gasteiger charge is -2.18. The van der Waals surface area contributed by atoms with E-state index in [9.17, 15) is 17.6 Å². The maximum absolute atomic E-state index is 13.3. The molecule has 1 amide bonds. The Balaban J connectivity index is 2.85. The summed E-state index contributed by atoms with van der Waals surface area (Å²) in [5, 5.41) is 7.54. The summed E-state index contributed by atoms with van der Waals surface area (Å²) in [5.74, 6) is -1.43. The fourth-order valence-corrected chi connectivity index (χ4v) is 2.15. The molecule has 0 unspecified atom stereocenters. The molecule has 7 heteroatoms. The van der Waals surface area contributed by atoms with Crippen LogP contribution in [0.25, 0.3) is 0 Å². The molecule has 0 aliphatic heterocycles. The van der Waals surface area contributed by atoms with Crippen LogP contribution in [-0.2, 0) is 10.0 Å². The minimum Gasteiger partial charge on any atom is -0.352 e. The summed E-state index contributed by atoms with van der Waals surface area (Å²) in [7, 11) is -4.19. The standard InChI is InChI=1S/C13H19FN2O3S/c1-13(2,3)6-7-16-12(17)9-4-5-10(14)11(8-9)20(15,18)19/h4-5,8H,6-7H2,1-3H3,(H,16,17)(H2,15,18,19). The van der Waals surface area contributed by atoms with Crippen LogP contribution in [0.5, 0.6) is 0 Å². The molecule has 1 aromatic carbocycles. The highest BCUT2D eigenvalue weighted by molar-refractivity contribution is 7.89. The molecule has 0 saturated heterocycles. The van der Waals surface area contributed by atoms with Gasteiger partial charge in [0.15, 0.2) is 0 Å². The number of nitrogens with two attached hydrogens (primary N) is 1. The second kappa shape index (κ2) is 5.88. The number of benzene rings is 1. The molecule has 0 radical (unpaired) electrons. The lowest BCUT2D eigenvalue weighted by Crippen LogP contribution is -2.27. The summed E-state index contributed by atoms with van der Waals surface area (Å²) in [6.07, 6.45) is 0.766. The Kier molecular flexibility index (Phi) is 4.88. The van der Waals surface area contributed by atoms with E-state index in [0.29, 0.717) is 6.54 Å². The zero-order valence-corrected chi connectivity index (χ0v) is 12.6. The fraction of sp³-hybridized carbons (Fsp3) is 0.462. The zero-order chi connectivity index (χ0) is 15.6. The van der Waals surface area contributed by atoms with E-state index in [1.165, 1.54) is 6.07 Å². The topological polar surface area (TPSA) is 89.3 Å². The van der Waals surface area contributed by atoms with Crippen LogP contribution in [0.3, 0.4) is 0 Å². The molecule has 0 spiro atoms. The molecule has 1 aromatic rings. The van der Waals surface area contributed by atoms with Crippen LogP contribution in [-0.4, -0.2) is 20.9 Å². The number of hydrogen-bond donors (Lipinski definition) is 2. The molecule has 5 nitrogen and oxygen atoms in total. The van der Waals surface area contributed by atoms with Crippen LogP contribution in [0, 0.1) is 11.2 Å². The summed E-state index contributed by atoms with van der Waals surface area (Å²) < 4.78 is 35.7. The Morgan fingerprint density at radius 2 is 1.95 bits per heavy atom. The van der Waals surface area contributed by atoms with Crippen LogP contribution in [0.2, 0.25) is 0 Å².